The number of furan rings is 1. The monoisotopic (exact) mass is 627 g/mol. The second-order valence-electron chi connectivity index (χ2n) is 13.4. The normalized spacial score (nSPS) is 15.2. The van der Waals surface area contributed by atoms with Crippen LogP contribution in [0.5, 0.6) is 0 Å². The first kappa shape index (κ1) is 26.8. The molecule has 0 spiro atoms. The van der Waals surface area contributed by atoms with Crippen LogP contribution in [0.25, 0.3) is 98.5 Å². The Morgan fingerprint density at radius 1 is 0.592 bits per heavy atom. The standard InChI is InChI=1S/C45H29N3O/c1-26-13-12-14-27(25-26)41-40-30-17-4-2-15-28(30)29-16-3-7-20-33(29)42(40)47-45(46-41)48-36-23-10-8-21-34(36)38-31-18-5-6-19-32(31)39-35-22-9-11-24-37(35)49-44(39)43(38)48/h2-24,26H,25H2,1H3. The Labute approximate surface area is 281 Å². The lowest BCUT2D eigenvalue weighted by molar-refractivity contribution is 0.671. The number of para-hydroxylation sites is 2. The van der Waals surface area contributed by atoms with Crippen molar-refractivity contribution in [2.24, 2.45) is 5.92 Å². The van der Waals surface area contributed by atoms with E-state index in [0.29, 0.717) is 11.9 Å². The zero-order chi connectivity index (χ0) is 32.2. The molecular formula is C45H29N3O. The van der Waals surface area contributed by atoms with Crippen molar-refractivity contribution < 1.29 is 4.42 Å². The summed E-state index contributed by atoms with van der Waals surface area (Å²) in [5, 5.41) is 12.7. The van der Waals surface area contributed by atoms with Crippen LogP contribution >= 0.6 is 0 Å². The lowest BCUT2D eigenvalue weighted by Gasteiger charge is -2.19. The van der Waals surface area contributed by atoms with Gasteiger partial charge in [0.2, 0.25) is 5.95 Å². The lowest BCUT2D eigenvalue weighted by Crippen LogP contribution is -2.07. The fourth-order valence-electron chi connectivity index (χ4n) is 8.45. The van der Waals surface area contributed by atoms with E-state index in [-0.39, 0.29) is 0 Å². The van der Waals surface area contributed by atoms with Crippen molar-refractivity contribution in [1.29, 1.82) is 0 Å². The van der Waals surface area contributed by atoms with Gasteiger partial charge in [-0.3, -0.25) is 4.57 Å². The third-order valence-electron chi connectivity index (χ3n) is 10.5. The smallest absolute Gasteiger partial charge is 0.235 e. The maximum absolute atomic E-state index is 6.84. The summed E-state index contributed by atoms with van der Waals surface area (Å²) in [5.74, 6) is 1.06. The van der Waals surface area contributed by atoms with Crippen molar-refractivity contribution in [3.05, 3.63) is 145 Å². The van der Waals surface area contributed by atoms with Gasteiger partial charge in [-0.05, 0) is 57.0 Å². The van der Waals surface area contributed by atoms with E-state index in [2.05, 4.69) is 145 Å². The average Bonchev–Trinajstić information content (AvgIpc) is 3.72. The van der Waals surface area contributed by atoms with Gasteiger partial charge in [0.15, 0.2) is 5.58 Å². The van der Waals surface area contributed by atoms with E-state index in [0.717, 1.165) is 72.1 Å². The fraction of sp³-hybridized carbons (Fsp3) is 0.0667. The Balaban J connectivity index is 1.39. The summed E-state index contributed by atoms with van der Waals surface area (Å²) in [6.45, 7) is 2.28. The van der Waals surface area contributed by atoms with Gasteiger partial charge in [-0.1, -0.05) is 134 Å². The van der Waals surface area contributed by atoms with Crippen molar-refractivity contribution >= 4 is 92.5 Å². The van der Waals surface area contributed by atoms with Crippen molar-refractivity contribution in [3.8, 4) is 5.95 Å². The Morgan fingerprint density at radius 3 is 1.94 bits per heavy atom. The molecule has 11 rings (SSSR count). The Bertz CT molecular complexity index is 3100. The van der Waals surface area contributed by atoms with E-state index in [1.54, 1.807) is 0 Å². The van der Waals surface area contributed by atoms with Crippen molar-refractivity contribution in [2.75, 3.05) is 0 Å². The highest BCUT2D eigenvalue weighted by Crippen LogP contribution is 2.46. The van der Waals surface area contributed by atoms with Gasteiger partial charge < -0.3 is 4.42 Å². The Kier molecular flexibility index (Phi) is 5.40. The van der Waals surface area contributed by atoms with Crippen LogP contribution in [-0.2, 0) is 0 Å². The summed E-state index contributed by atoms with van der Waals surface area (Å²) in [5.41, 5.74) is 6.95. The van der Waals surface area contributed by atoms with Gasteiger partial charge in [-0.25, -0.2) is 9.97 Å². The van der Waals surface area contributed by atoms with Crippen LogP contribution in [0, 0.1) is 5.92 Å². The molecule has 0 fully saturated rings. The topological polar surface area (TPSA) is 43.9 Å². The van der Waals surface area contributed by atoms with Gasteiger partial charge in [0, 0.05) is 32.3 Å². The van der Waals surface area contributed by atoms with E-state index in [1.807, 2.05) is 6.07 Å². The van der Waals surface area contributed by atoms with Crippen LogP contribution in [0.15, 0.2) is 144 Å². The Hall–Kier alpha value is -6.26. The van der Waals surface area contributed by atoms with Crippen LogP contribution in [0.2, 0.25) is 0 Å². The predicted molar refractivity (Wildman–Crippen MR) is 205 cm³/mol. The van der Waals surface area contributed by atoms with Gasteiger partial charge in [0.1, 0.15) is 11.1 Å². The molecule has 10 aromatic rings. The average molecular weight is 628 g/mol. The van der Waals surface area contributed by atoms with Gasteiger partial charge in [0.05, 0.1) is 16.7 Å². The first-order chi connectivity index (χ1) is 24.2. The lowest BCUT2D eigenvalue weighted by atomic mass is 9.89. The highest BCUT2D eigenvalue weighted by molar-refractivity contribution is 6.35. The van der Waals surface area contributed by atoms with E-state index < -0.39 is 0 Å². The van der Waals surface area contributed by atoms with Crippen molar-refractivity contribution in [1.82, 2.24) is 14.5 Å². The van der Waals surface area contributed by atoms with E-state index >= 15 is 0 Å². The predicted octanol–water partition coefficient (Wildman–Crippen LogP) is 12.1. The summed E-state index contributed by atoms with van der Waals surface area (Å²) in [7, 11) is 0. The molecule has 3 heterocycles. The van der Waals surface area contributed by atoms with Gasteiger partial charge in [0.25, 0.3) is 0 Å². The molecule has 0 saturated carbocycles. The first-order valence-corrected chi connectivity index (χ1v) is 17.0. The minimum absolute atomic E-state index is 0.412. The van der Waals surface area contributed by atoms with Crippen LogP contribution in [0.1, 0.15) is 19.0 Å². The number of aromatic nitrogens is 3. The molecule has 0 radical (unpaired) electrons. The van der Waals surface area contributed by atoms with Crippen LogP contribution in [-0.4, -0.2) is 14.5 Å². The maximum Gasteiger partial charge on any atom is 0.235 e. The molecule has 230 valence electrons. The molecular weight excluding hydrogens is 599 g/mol. The summed E-state index contributed by atoms with van der Waals surface area (Å²) >= 11 is 0. The number of nitrogens with zero attached hydrogens (tertiary/aromatic N) is 3. The summed E-state index contributed by atoms with van der Waals surface area (Å²) in [6.07, 6.45) is 7.61. The molecule has 0 amide bonds. The molecule has 0 aliphatic heterocycles. The molecule has 0 bridgehead atoms. The molecule has 4 nitrogen and oxygen atoms in total. The number of hydrogen-bond donors (Lipinski definition) is 0. The molecule has 1 atom stereocenters. The molecule has 7 aromatic carbocycles. The number of hydrogen-bond acceptors (Lipinski definition) is 3. The number of allylic oxidation sites excluding steroid dienone is 4. The maximum atomic E-state index is 6.84. The molecule has 0 N–H and O–H groups in total. The number of rotatable bonds is 2. The molecule has 4 heteroatoms. The molecule has 0 saturated heterocycles. The minimum atomic E-state index is 0.412. The Morgan fingerprint density at radius 2 is 1.18 bits per heavy atom. The third-order valence-corrected chi connectivity index (χ3v) is 10.5. The molecule has 1 aliphatic rings. The van der Waals surface area contributed by atoms with Crippen molar-refractivity contribution in [2.45, 2.75) is 13.3 Å². The van der Waals surface area contributed by atoms with Gasteiger partial charge >= 0.3 is 0 Å². The largest absolute Gasteiger partial charge is 0.454 e. The number of benzene rings is 7. The first-order valence-electron chi connectivity index (χ1n) is 17.0. The van der Waals surface area contributed by atoms with Crippen LogP contribution in [0.3, 0.4) is 0 Å². The van der Waals surface area contributed by atoms with E-state index in [1.165, 1.54) is 32.5 Å². The summed E-state index contributed by atoms with van der Waals surface area (Å²) in [6, 6.07) is 43.1. The van der Waals surface area contributed by atoms with E-state index in [4.69, 9.17) is 14.4 Å². The molecule has 49 heavy (non-hydrogen) atoms. The van der Waals surface area contributed by atoms with Crippen LogP contribution < -0.4 is 0 Å². The zero-order valence-corrected chi connectivity index (χ0v) is 26.8. The molecule has 3 aromatic heterocycles. The molecule has 1 aliphatic carbocycles. The number of fused-ring (bicyclic) bond motifs is 16. The van der Waals surface area contributed by atoms with Crippen LogP contribution in [0.4, 0.5) is 0 Å². The highest BCUT2D eigenvalue weighted by atomic mass is 16.3. The van der Waals surface area contributed by atoms with E-state index in [9.17, 15) is 0 Å². The second-order valence-corrected chi connectivity index (χ2v) is 13.4. The zero-order valence-electron chi connectivity index (χ0n) is 26.8. The van der Waals surface area contributed by atoms with Gasteiger partial charge in [-0.2, -0.15) is 0 Å². The molecule has 1 unspecified atom stereocenters. The minimum Gasteiger partial charge on any atom is -0.454 e. The summed E-state index contributed by atoms with van der Waals surface area (Å²) < 4.78 is 9.11. The fourth-order valence-corrected chi connectivity index (χ4v) is 8.45. The quantitative estimate of drug-likeness (QED) is 0.179. The van der Waals surface area contributed by atoms with Crippen molar-refractivity contribution in [3.63, 3.8) is 0 Å². The summed E-state index contributed by atoms with van der Waals surface area (Å²) in [4.78, 5) is 11.2. The van der Waals surface area contributed by atoms with Gasteiger partial charge in [-0.15, -0.1) is 0 Å². The second kappa shape index (κ2) is 9.88. The SMILES string of the molecule is CC1C=CC=C(c2nc(-n3c4ccccc4c4c5ccccc5c5c6ccccc6oc5c43)nc3c4ccccc4c4ccccc4c23)C1. The third kappa shape index (κ3) is 3.63. The highest BCUT2D eigenvalue weighted by Gasteiger charge is 2.26.